The first-order chi connectivity index (χ1) is 18.3. The van der Waals surface area contributed by atoms with Crippen LogP contribution in [0.25, 0.3) is 44.5 Å². The normalized spacial score (nSPS) is 10.8. The molecule has 0 N–H and O–H groups in total. The van der Waals surface area contributed by atoms with E-state index in [2.05, 4.69) is 158 Å². The van der Waals surface area contributed by atoms with E-state index in [-0.39, 0.29) is 0 Å². The van der Waals surface area contributed by atoms with Gasteiger partial charge in [0, 0.05) is 0 Å². The summed E-state index contributed by atoms with van der Waals surface area (Å²) >= 11 is 0. The standard InChI is InChI=1S/C37H28/c1-4-10-28(11-5-1)24-29-16-18-32(19-17-29)33-20-22-34(23-21-33)37-26-35(30-12-6-2-7-13-30)25-36(27-37)31-14-8-3-9-15-31/h1-23,25-27H,24H2. The number of hydrogen-bond donors (Lipinski definition) is 0. The molecule has 0 nitrogen and oxygen atoms in total. The molecule has 37 heavy (non-hydrogen) atoms. The van der Waals surface area contributed by atoms with E-state index in [1.165, 1.54) is 55.6 Å². The molecule has 0 aliphatic carbocycles. The van der Waals surface area contributed by atoms with Crippen molar-refractivity contribution >= 4 is 0 Å². The summed E-state index contributed by atoms with van der Waals surface area (Å²) in [5.41, 5.74) is 12.5. The van der Waals surface area contributed by atoms with Crippen molar-refractivity contribution in [1.29, 1.82) is 0 Å². The van der Waals surface area contributed by atoms with E-state index in [0.29, 0.717) is 0 Å². The monoisotopic (exact) mass is 472 g/mol. The zero-order valence-electron chi connectivity index (χ0n) is 20.7. The van der Waals surface area contributed by atoms with E-state index in [1.54, 1.807) is 0 Å². The molecule has 6 aromatic carbocycles. The molecule has 0 heteroatoms. The van der Waals surface area contributed by atoms with Gasteiger partial charge in [-0.2, -0.15) is 0 Å². The van der Waals surface area contributed by atoms with Crippen LogP contribution in [0.15, 0.2) is 158 Å². The first kappa shape index (κ1) is 22.8. The highest BCUT2D eigenvalue weighted by molar-refractivity contribution is 5.82. The zero-order valence-corrected chi connectivity index (χ0v) is 20.7. The van der Waals surface area contributed by atoms with E-state index in [0.717, 1.165) is 6.42 Å². The van der Waals surface area contributed by atoms with Gasteiger partial charge in [-0.3, -0.25) is 0 Å². The third-order valence-electron chi connectivity index (χ3n) is 6.90. The molecular weight excluding hydrogens is 444 g/mol. The van der Waals surface area contributed by atoms with Crippen LogP contribution in [0.4, 0.5) is 0 Å². The molecular formula is C37H28. The van der Waals surface area contributed by atoms with E-state index >= 15 is 0 Å². The second kappa shape index (κ2) is 10.5. The van der Waals surface area contributed by atoms with Gasteiger partial charge < -0.3 is 0 Å². The lowest BCUT2D eigenvalue weighted by Crippen LogP contribution is -1.88. The SMILES string of the molecule is c1ccc(Cc2ccc(-c3ccc(-c4cc(-c5ccccc5)cc(-c5ccccc5)c4)cc3)cc2)cc1. The van der Waals surface area contributed by atoms with Crippen LogP contribution in [0.5, 0.6) is 0 Å². The zero-order chi connectivity index (χ0) is 24.9. The van der Waals surface area contributed by atoms with Crippen LogP contribution in [0.1, 0.15) is 11.1 Å². The minimum atomic E-state index is 0.960. The van der Waals surface area contributed by atoms with Gasteiger partial charge >= 0.3 is 0 Å². The Balaban J connectivity index is 1.30. The fraction of sp³-hybridized carbons (Fsp3) is 0.0270. The van der Waals surface area contributed by atoms with Crippen molar-refractivity contribution in [2.24, 2.45) is 0 Å². The van der Waals surface area contributed by atoms with E-state index < -0.39 is 0 Å². The third kappa shape index (κ3) is 5.29. The Morgan fingerprint density at radius 3 is 0.973 bits per heavy atom. The van der Waals surface area contributed by atoms with Gasteiger partial charge in [0.25, 0.3) is 0 Å². The molecule has 0 radical (unpaired) electrons. The van der Waals surface area contributed by atoms with Crippen LogP contribution >= 0.6 is 0 Å². The van der Waals surface area contributed by atoms with E-state index in [1.807, 2.05) is 0 Å². The van der Waals surface area contributed by atoms with Gasteiger partial charge in [-0.25, -0.2) is 0 Å². The lowest BCUT2D eigenvalue weighted by molar-refractivity contribution is 1.19. The van der Waals surface area contributed by atoms with Crippen LogP contribution in [0.3, 0.4) is 0 Å². The summed E-state index contributed by atoms with van der Waals surface area (Å²) in [7, 11) is 0. The molecule has 0 aromatic heterocycles. The van der Waals surface area contributed by atoms with Crippen LogP contribution in [0.2, 0.25) is 0 Å². The highest BCUT2D eigenvalue weighted by Crippen LogP contribution is 2.34. The average Bonchev–Trinajstić information content (AvgIpc) is 2.99. The number of rotatable bonds is 6. The molecule has 176 valence electrons. The van der Waals surface area contributed by atoms with Crippen LogP contribution in [0, 0.1) is 0 Å². The molecule has 0 fully saturated rings. The molecule has 0 amide bonds. The van der Waals surface area contributed by atoms with Gasteiger partial charge in [0.15, 0.2) is 0 Å². The van der Waals surface area contributed by atoms with Gasteiger partial charge in [-0.05, 0) is 80.3 Å². The van der Waals surface area contributed by atoms with Crippen LogP contribution in [-0.4, -0.2) is 0 Å². The Morgan fingerprint density at radius 2 is 0.541 bits per heavy atom. The summed E-state index contributed by atoms with van der Waals surface area (Å²) in [6, 6.07) is 56.7. The van der Waals surface area contributed by atoms with Gasteiger partial charge in [0.1, 0.15) is 0 Å². The number of benzene rings is 6. The smallest absolute Gasteiger partial charge is 0.00258 e. The highest BCUT2D eigenvalue weighted by atomic mass is 14.1. The molecule has 0 saturated heterocycles. The Kier molecular flexibility index (Phi) is 6.47. The molecule has 0 aliphatic heterocycles. The summed E-state index contributed by atoms with van der Waals surface area (Å²) in [5, 5.41) is 0. The van der Waals surface area contributed by atoms with Crippen molar-refractivity contribution in [1.82, 2.24) is 0 Å². The molecule has 0 unspecified atom stereocenters. The van der Waals surface area contributed by atoms with Crippen LogP contribution in [-0.2, 0) is 6.42 Å². The van der Waals surface area contributed by atoms with Gasteiger partial charge in [0.2, 0.25) is 0 Å². The van der Waals surface area contributed by atoms with Crippen LogP contribution < -0.4 is 0 Å². The van der Waals surface area contributed by atoms with Crippen molar-refractivity contribution in [3.63, 3.8) is 0 Å². The highest BCUT2D eigenvalue weighted by Gasteiger charge is 2.08. The molecule has 6 rings (SSSR count). The molecule has 0 bridgehead atoms. The van der Waals surface area contributed by atoms with Gasteiger partial charge in [0.05, 0.1) is 0 Å². The molecule has 0 spiro atoms. The van der Waals surface area contributed by atoms with Crippen molar-refractivity contribution < 1.29 is 0 Å². The molecule has 0 heterocycles. The maximum absolute atomic E-state index is 2.30. The summed E-state index contributed by atoms with van der Waals surface area (Å²) in [6.07, 6.45) is 0.960. The molecule has 0 aliphatic rings. The molecule has 0 atom stereocenters. The lowest BCUT2D eigenvalue weighted by Gasteiger charge is -2.12. The Labute approximate surface area is 219 Å². The Bertz CT molecular complexity index is 1520. The maximum atomic E-state index is 2.30. The third-order valence-corrected chi connectivity index (χ3v) is 6.90. The Morgan fingerprint density at radius 1 is 0.243 bits per heavy atom. The molecule has 6 aromatic rings. The largest absolute Gasteiger partial charge is 0.0622 e. The summed E-state index contributed by atoms with van der Waals surface area (Å²) < 4.78 is 0. The second-order valence-corrected chi connectivity index (χ2v) is 9.47. The van der Waals surface area contributed by atoms with Gasteiger partial charge in [-0.15, -0.1) is 0 Å². The first-order valence-corrected chi connectivity index (χ1v) is 12.8. The van der Waals surface area contributed by atoms with E-state index in [9.17, 15) is 0 Å². The summed E-state index contributed by atoms with van der Waals surface area (Å²) in [5.74, 6) is 0. The number of hydrogen-bond acceptors (Lipinski definition) is 0. The summed E-state index contributed by atoms with van der Waals surface area (Å²) in [6.45, 7) is 0. The van der Waals surface area contributed by atoms with Crippen molar-refractivity contribution in [2.45, 2.75) is 6.42 Å². The van der Waals surface area contributed by atoms with Gasteiger partial charge in [-0.1, -0.05) is 140 Å². The fourth-order valence-electron chi connectivity index (χ4n) is 4.89. The summed E-state index contributed by atoms with van der Waals surface area (Å²) in [4.78, 5) is 0. The lowest BCUT2D eigenvalue weighted by atomic mass is 9.92. The first-order valence-electron chi connectivity index (χ1n) is 12.8. The topological polar surface area (TPSA) is 0 Å². The van der Waals surface area contributed by atoms with Crippen molar-refractivity contribution in [2.75, 3.05) is 0 Å². The quantitative estimate of drug-likeness (QED) is 0.226. The molecule has 0 saturated carbocycles. The maximum Gasteiger partial charge on any atom is -0.00258 e. The predicted octanol–water partition coefficient (Wildman–Crippen LogP) is 9.95. The predicted molar refractivity (Wildman–Crippen MR) is 157 cm³/mol. The second-order valence-electron chi connectivity index (χ2n) is 9.47. The average molecular weight is 473 g/mol. The fourth-order valence-corrected chi connectivity index (χ4v) is 4.89. The minimum Gasteiger partial charge on any atom is -0.0622 e. The minimum absolute atomic E-state index is 0.960. The van der Waals surface area contributed by atoms with Crippen molar-refractivity contribution in [3.8, 4) is 44.5 Å². The van der Waals surface area contributed by atoms with E-state index in [4.69, 9.17) is 0 Å². The Hall–Kier alpha value is -4.68. The van der Waals surface area contributed by atoms with Crippen molar-refractivity contribution in [3.05, 3.63) is 169 Å².